The molecule has 108 valence electrons. The van der Waals surface area contributed by atoms with Gasteiger partial charge in [-0.05, 0) is 17.2 Å². The molecule has 2 aromatic carbocycles. The number of Topliss-reactive ketones (excluding diaryl/α,β-unsaturated/α-hetero) is 1. The highest BCUT2D eigenvalue weighted by molar-refractivity contribution is 6.45. The van der Waals surface area contributed by atoms with Crippen molar-refractivity contribution in [3.63, 3.8) is 0 Å². The molecule has 0 spiro atoms. The predicted molar refractivity (Wildman–Crippen MR) is 84.8 cm³/mol. The minimum atomic E-state index is -0.164. The third-order valence-corrected chi connectivity index (χ3v) is 4.93. The predicted octanol–water partition coefficient (Wildman–Crippen LogP) is 4.97. The lowest BCUT2D eigenvalue weighted by Gasteiger charge is -2.17. The minimum absolute atomic E-state index is 0.0163. The fourth-order valence-electron chi connectivity index (χ4n) is 3.04. The quantitative estimate of drug-likeness (QED) is 0.781. The first-order valence-electron chi connectivity index (χ1n) is 6.71. The van der Waals surface area contributed by atoms with Gasteiger partial charge in [0.1, 0.15) is 10.8 Å². The van der Waals surface area contributed by atoms with Gasteiger partial charge in [-0.2, -0.15) is 0 Å². The molecule has 2 nitrogen and oxygen atoms in total. The zero-order valence-corrected chi connectivity index (χ0v) is 13.2. The summed E-state index contributed by atoms with van der Waals surface area (Å²) in [5, 5.41) is 0.591. The first kappa shape index (κ1) is 14.4. The lowest BCUT2D eigenvalue weighted by Crippen LogP contribution is -2.10. The van der Waals surface area contributed by atoms with Gasteiger partial charge in [0, 0.05) is 17.4 Å². The normalized spacial score (nSPS) is 20.5. The number of ether oxygens (including phenoxy) is 1. The molecule has 0 aliphatic heterocycles. The summed E-state index contributed by atoms with van der Waals surface area (Å²) >= 11 is 12.5. The Hall–Kier alpha value is -1.51. The van der Waals surface area contributed by atoms with Gasteiger partial charge in [0.25, 0.3) is 0 Å². The second-order valence-corrected chi connectivity index (χ2v) is 5.97. The molecule has 0 aromatic heterocycles. The Morgan fingerprint density at radius 1 is 1.10 bits per heavy atom. The van der Waals surface area contributed by atoms with Crippen molar-refractivity contribution in [3.05, 3.63) is 63.1 Å². The fourth-order valence-corrected chi connectivity index (χ4v) is 3.56. The average Bonchev–Trinajstić information content (AvgIpc) is 2.75. The van der Waals surface area contributed by atoms with Crippen molar-refractivity contribution in [1.82, 2.24) is 0 Å². The van der Waals surface area contributed by atoms with E-state index in [1.807, 2.05) is 43.3 Å². The van der Waals surface area contributed by atoms with E-state index in [-0.39, 0.29) is 17.6 Å². The van der Waals surface area contributed by atoms with E-state index in [1.54, 1.807) is 7.11 Å². The van der Waals surface area contributed by atoms with Crippen molar-refractivity contribution in [2.24, 2.45) is 5.92 Å². The van der Waals surface area contributed by atoms with Crippen LogP contribution in [-0.4, -0.2) is 12.9 Å². The number of hydrogen-bond acceptors (Lipinski definition) is 2. The van der Waals surface area contributed by atoms with Crippen LogP contribution in [0.25, 0.3) is 0 Å². The zero-order chi connectivity index (χ0) is 15.1. The van der Waals surface area contributed by atoms with Crippen molar-refractivity contribution in [3.8, 4) is 5.75 Å². The van der Waals surface area contributed by atoms with Crippen LogP contribution in [0.15, 0.2) is 36.4 Å². The lowest BCUT2D eigenvalue weighted by atomic mass is 9.87. The number of carbonyl (C=O) groups excluding carboxylic acids is 1. The molecule has 0 unspecified atom stereocenters. The average molecular weight is 321 g/mol. The molecule has 1 aliphatic rings. The van der Waals surface area contributed by atoms with E-state index in [4.69, 9.17) is 27.9 Å². The maximum Gasteiger partial charge on any atom is 0.168 e. The second kappa shape index (κ2) is 5.36. The number of benzene rings is 2. The Balaban J connectivity index is 2.25. The van der Waals surface area contributed by atoms with E-state index in [1.165, 1.54) is 0 Å². The number of fused-ring (bicyclic) bond motifs is 1. The van der Waals surface area contributed by atoms with Crippen LogP contribution < -0.4 is 4.74 Å². The van der Waals surface area contributed by atoms with Crippen molar-refractivity contribution in [2.75, 3.05) is 7.11 Å². The second-order valence-electron chi connectivity index (χ2n) is 5.21. The molecular formula is C17H14Cl2O2. The summed E-state index contributed by atoms with van der Waals surface area (Å²) in [5.41, 5.74) is 2.52. The SMILES string of the molecule is COc1cc2c(c(Cl)c1Cl)C(=O)[C@@H](C)[C@H]2c1ccccc1. The van der Waals surface area contributed by atoms with Crippen molar-refractivity contribution >= 4 is 29.0 Å². The van der Waals surface area contributed by atoms with E-state index >= 15 is 0 Å². The monoisotopic (exact) mass is 320 g/mol. The van der Waals surface area contributed by atoms with Gasteiger partial charge in [0.2, 0.25) is 0 Å². The molecule has 0 saturated heterocycles. The van der Waals surface area contributed by atoms with Crippen molar-refractivity contribution in [1.29, 1.82) is 0 Å². The first-order valence-corrected chi connectivity index (χ1v) is 7.47. The highest BCUT2D eigenvalue weighted by atomic mass is 35.5. The van der Waals surface area contributed by atoms with Gasteiger partial charge in [0.15, 0.2) is 5.78 Å². The molecule has 2 aromatic rings. The van der Waals surface area contributed by atoms with Crippen LogP contribution in [0, 0.1) is 5.92 Å². The van der Waals surface area contributed by atoms with E-state index in [0.717, 1.165) is 11.1 Å². The Bertz CT molecular complexity index is 710. The first-order chi connectivity index (χ1) is 10.1. The third-order valence-electron chi connectivity index (χ3n) is 4.08. The van der Waals surface area contributed by atoms with Crippen LogP contribution in [0.1, 0.15) is 34.3 Å². The largest absolute Gasteiger partial charge is 0.495 e. The molecule has 1 aliphatic carbocycles. The van der Waals surface area contributed by atoms with Gasteiger partial charge in [-0.25, -0.2) is 0 Å². The minimum Gasteiger partial charge on any atom is -0.495 e. The maximum atomic E-state index is 12.6. The fraction of sp³-hybridized carbons (Fsp3) is 0.235. The van der Waals surface area contributed by atoms with Crippen molar-refractivity contribution in [2.45, 2.75) is 12.8 Å². The van der Waals surface area contributed by atoms with Gasteiger partial charge in [-0.15, -0.1) is 0 Å². The van der Waals surface area contributed by atoms with Crippen LogP contribution in [0.5, 0.6) is 5.75 Å². The molecule has 4 heteroatoms. The molecule has 0 N–H and O–H groups in total. The Morgan fingerprint density at radius 2 is 1.76 bits per heavy atom. The Kier molecular flexibility index (Phi) is 3.68. The maximum absolute atomic E-state index is 12.6. The Labute approximate surface area is 133 Å². The summed E-state index contributed by atoms with van der Waals surface area (Å²) in [6, 6.07) is 11.8. The van der Waals surface area contributed by atoms with Crippen LogP contribution in [0.2, 0.25) is 10.0 Å². The van der Waals surface area contributed by atoms with Gasteiger partial charge in [-0.3, -0.25) is 4.79 Å². The summed E-state index contributed by atoms with van der Waals surface area (Å²) in [7, 11) is 1.54. The van der Waals surface area contributed by atoms with E-state index in [0.29, 0.717) is 21.4 Å². The number of methoxy groups -OCH3 is 1. The van der Waals surface area contributed by atoms with E-state index in [2.05, 4.69) is 0 Å². The highest BCUT2D eigenvalue weighted by Gasteiger charge is 2.40. The summed E-state index contributed by atoms with van der Waals surface area (Å²) in [4.78, 5) is 12.6. The van der Waals surface area contributed by atoms with Crippen LogP contribution in [-0.2, 0) is 0 Å². The standard InChI is InChI=1S/C17H14Cl2O2/c1-9-13(10-6-4-3-5-7-10)11-8-12(21-2)15(18)16(19)14(11)17(9)20/h3-9,13H,1-2H3/t9-,13-/m0/s1. The molecule has 0 heterocycles. The number of halogens is 2. The number of hydrogen-bond donors (Lipinski definition) is 0. The molecule has 0 saturated carbocycles. The number of ketones is 1. The number of carbonyl (C=O) groups is 1. The Morgan fingerprint density at radius 3 is 2.38 bits per heavy atom. The summed E-state index contributed by atoms with van der Waals surface area (Å²) < 4.78 is 5.28. The smallest absolute Gasteiger partial charge is 0.168 e. The highest BCUT2D eigenvalue weighted by Crippen LogP contribution is 2.49. The molecule has 0 bridgehead atoms. The molecular weight excluding hydrogens is 307 g/mol. The summed E-state index contributed by atoms with van der Waals surface area (Å²) in [5.74, 6) is 0.358. The number of rotatable bonds is 2. The lowest BCUT2D eigenvalue weighted by molar-refractivity contribution is 0.0939. The van der Waals surface area contributed by atoms with E-state index < -0.39 is 0 Å². The molecule has 0 radical (unpaired) electrons. The zero-order valence-electron chi connectivity index (χ0n) is 11.7. The molecule has 21 heavy (non-hydrogen) atoms. The van der Waals surface area contributed by atoms with Gasteiger partial charge in [-0.1, -0.05) is 60.5 Å². The van der Waals surface area contributed by atoms with Crippen LogP contribution >= 0.6 is 23.2 Å². The molecule has 0 amide bonds. The molecule has 0 fully saturated rings. The van der Waals surface area contributed by atoms with Gasteiger partial charge in [0.05, 0.1) is 12.1 Å². The van der Waals surface area contributed by atoms with Crippen molar-refractivity contribution < 1.29 is 9.53 Å². The molecule has 2 atom stereocenters. The topological polar surface area (TPSA) is 26.3 Å². The van der Waals surface area contributed by atoms with E-state index in [9.17, 15) is 4.79 Å². The third kappa shape index (κ3) is 2.14. The van der Waals surface area contributed by atoms with Gasteiger partial charge < -0.3 is 4.74 Å². The summed E-state index contributed by atoms with van der Waals surface area (Å²) in [6.07, 6.45) is 0. The summed E-state index contributed by atoms with van der Waals surface area (Å²) in [6.45, 7) is 1.93. The molecule has 3 rings (SSSR count). The van der Waals surface area contributed by atoms with Crippen LogP contribution in [0.4, 0.5) is 0 Å². The van der Waals surface area contributed by atoms with Crippen LogP contribution in [0.3, 0.4) is 0 Å². The van der Waals surface area contributed by atoms with Gasteiger partial charge >= 0.3 is 0 Å².